The Morgan fingerprint density at radius 2 is 1.16 bits per heavy atom. The number of rotatable bonds is 4. The van der Waals surface area contributed by atoms with Gasteiger partial charge in [-0.3, -0.25) is 0 Å². The van der Waals surface area contributed by atoms with Crippen LogP contribution in [0.15, 0.2) is 142 Å². The first kappa shape index (κ1) is 33.5. The van der Waals surface area contributed by atoms with Gasteiger partial charge in [0.1, 0.15) is 23.5 Å². The van der Waals surface area contributed by atoms with Crippen LogP contribution in [0, 0.1) is 17.1 Å². The molecule has 5 nitrogen and oxygen atoms in total. The van der Waals surface area contributed by atoms with Gasteiger partial charge in [-0.2, -0.15) is 5.26 Å². The molecule has 0 aliphatic rings. The molecule has 49 heavy (non-hydrogen) atoms. The van der Waals surface area contributed by atoms with E-state index in [2.05, 4.69) is 89.3 Å². The van der Waals surface area contributed by atoms with Gasteiger partial charge in [-0.15, -0.1) is 0 Å². The number of halogens is 3. The molecule has 240 valence electrons. The molecule has 0 saturated carbocycles. The molecule has 0 aliphatic carbocycles. The molecule has 0 bridgehead atoms. The molecule has 0 atom stereocenters. The monoisotopic (exact) mass is 769 g/mol. The standard InChI is InChI=1S/C25H16BrFN2.C14H8BrN3.C2H6/c26-22-13-18(27)11-12-19(22)25-28-23-14-20(16-7-3-1-4-8-16)21(15-24(23)29-25)17-9-5-2-6-10-17;15-13-9(8-16)4-3-5-10(13)14-17-11-6-1-2-7-12(11)18-14;1-2/h1-15H,(H,28,29);1-7H,(H,17,18);1-2H3. The number of nitrogens with one attached hydrogen (secondary N) is 2. The number of imidazole rings is 2. The van der Waals surface area contributed by atoms with Gasteiger partial charge in [0.05, 0.1) is 27.6 Å². The molecule has 0 saturated heterocycles. The fourth-order valence-electron chi connectivity index (χ4n) is 5.46. The molecule has 0 aliphatic heterocycles. The second kappa shape index (κ2) is 15.2. The van der Waals surface area contributed by atoms with Crippen molar-refractivity contribution in [1.82, 2.24) is 19.9 Å². The van der Waals surface area contributed by atoms with Crippen molar-refractivity contribution in [2.75, 3.05) is 0 Å². The minimum atomic E-state index is -0.283. The Balaban J connectivity index is 0.000000179. The number of benzene rings is 6. The third kappa shape index (κ3) is 7.24. The predicted octanol–water partition coefficient (Wildman–Crippen LogP) is 12.4. The number of H-pyrrole nitrogens is 2. The average molecular weight is 772 g/mol. The molecule has 0 amide bonds. The van der Waals surface area contributed by atoms with Crippen molar-refractivity contribution in [2.24, 2.45) is 0 Å². The summed E-state index contributed by atoms with van der Waals surface area (Å²) in [5.74, 6) is 1.19. The lowest BCUT2D eigenvalue weighted by Gasteiger charge is -2.10. The van der Waals surface area contributed by atoms with Crippen LogP contribution in [0.2, 0.25) is 0 Å². The summed E-state index contributed by atoms with van der Waals surface area (Å²) in [7, 11) is 0. The van der Waals surface area contributed by atoms with Crippen molar-refractivity contribution in [1.29, 1.82) is 5.26 Å². The zero-order valence-electron chi connectivity index (χ0n) is 26.7. The third-order valence-corrected chi connectivity index (χ3v) is 9.25. The second-order valence-electron chi connectivity index (χ2n) is 10.7. The Hall–Kier alpha value is -5.36. The largest absolute Gasteiger partial charge is 0.338 e. The quantitative estimate of drug-likeness (QED) is 0.187. The minimum Gasteiger partial charge on any atom is -0.338 e. The maximum absolute atomic E-state index is 13.5. The van der Waals surface area contributed by atoms with Crippen molar-refractivity contribution in [2.45, 2.75) is 13.8 Å². The van der Waals surface area contributed by atoms with Gasteiger partial charge in [-0.25, -0.2) is 14.4 Å². The van der Waals surface area contributed by atoms with Gasteiger partial charge in [0.2, 0.25) is 0 Å². The minimum absolute atomic E-state index is 0.283. The van der Waals surface area contributed by atoms with E-state index in [1.807, 2.05) is 86.6 Å². The Labute approximate surface area is 300 Å². The Bertz CT molecular complexity index is 2300. The molecule has 2 N–H and O–H groups in total. The summed E-state index contributed by atoms with van der Waals surface area (Å²) in [5, 5.41) is 9.02. The van der Waals surface area contributed by atoms with Gasteiger partial charge in [-0.1, -0.05) is 98.8 Å². The van der Waals surface area contributed by atoms with Crippen LogP contribution < -0.4 is 0 Å². The maximum atomic E-state index is 13.5. The fraction of sp³-hybridized carbons (Fsp3) is 0.0488. The zero-order valence-corrected chi connectivity index (χ0v) is 29.8. The highest BCUT2D eigenvalue weighted by atomic mass is 79.9. The van der Waals surface area contributed by atoms with E-state index in [4.69, 9.17) is 10.2 Å². The SMILES string of the molecule is CC.Fc1ccc(-c2nc3cc(-c4ccccc4)c(-c4ccccc4)cc3[nH]2)c(Br)c1.N#Cc1cccc(-c2nc3ccccc3[nH]2)c1Br. The van der Waals surface area contributed by atoms with E-state index in [1.54, 1.807) is 12.1 Å². The first-order valence-corrected chi connectivity index (χ1v) is 17.3. The second-order valence-corrected chi connectivity index (χ2v) is 12.4. The van der Waals surface area contributed by atoms with Crippen molar-refractivity contribution in [3.8, 4) is 51.1 Å². The molecule has 0 fully saturated rings. The highest BCUT2D eigenvalue weighted by Crippen LogP contribution is 2.37. The molecule has 0 unspecified atom stereocenters. The number of hydrogen-bond acceptors (Lipinski definition) is 3. The summed E-state index contributed by atoms with van der Waals surface area (Å²) < 4.78 is 14.9. The summed E-state index contributed by atoms with van der Waals surface area (Å²) in [6, 6.07) is 45.1. The number of para-hydroxylation sites is 2. The Morgan fingerprint density at radius 1 is 0.571 bits per heavy atom. The summed E-state index contributed by atoms with van der Waals surface area (Å²) >= 11 is 6.90. The maximum Gasteiger partial charge on any atom is 0.139 e. The molecule has 6 aromatic carbocycles. The van der Waals surface area contributed by atoms with E-state index in [9.17, 15) is 4.39 Å². The van der Waals surface area contributed by atoms with Gasteiger partial charge in [0, 0.05) is 20.1 Å². The number of aromatic nitrogens is 4. The van der Waals surface area contributed by atoms with E-state index < -0.39 is 0 Å². The van der Waals surface area contributed by atoms with Crippen LogP contribution in [0.1, 0.15) is 19.4 Å². The molecule has 8 heteroatoms. The van der Waals surface area contributed by atoms with Crippen LogP contribution in [0.5, 0.6) is 0 Å². The van der Waals surface area contributed by atoms with E-state index in [0.29, 0.717) is 15.9 Å². The molecule has 8 rings (SSSR count). The first-order valence-electron chi connectivity index (χ1n) is 15.7. The van der Waals surface area contributed by atoms with Crippen LogP contribution in [0.25, 0.3) is 67.1 Å². The topological polar surface area (TPSA) is 81.2 Å². The van der Waals surface area contributed by atoms with Gasteiger partial charge >= 0.3 is 0 Å². The van der Waals surface area contributed by atoms with E-state index in [1.165, 1.54) is 12.1 Å². The normalized spacial score (nSPS) is 10.5. The molecular formula is C41H30Br2FN5. The number of aromatic amines is 2. The van der Waals surface area contributed by atoms with Crippen LogP contribution in [-0.2, 0) is 0 Å². The number of nitriles is 1. The molecular weight excluding hydrogens is 741 g/mol. The van der Waals surface area contributed by atoms with Crippen molar-refractivity contribution >= 4 is 53.9 Å². The van der Waals surface area contributed by atoms with Crippen LogP contribution in [0.4, 0.5) is 4.39 Å². The molecule has 0 spiro atoms. The smallest absolute Gasteiger partial charge is 0.139 e. The molecule has 8 aromatic rings. The number of fused-ring (bicyclic) bond motifs is 2. The number of hydrogen-bond donors (Lipinski definition) is 2. The molecule has 2 heterocycles. The molecule has 2 aromatic heterocycles. The van der Waals surface area contributed by atoms with E-state index in [-0.39, 0.29) is 5.82 Å². The lowest BCUT2D eigenvalue weighted by molar-refractivity contribution is 0.627. The Kier molecular flexibility index (Phi) is 10.4. The zero-order chi connectivity index (χ0) is 34.3. The predicted molar refractivity (Wildman–Crippen MR) is 205 cm³/mol. The average Bonchev–Trinajstić information content (AvgIpc) is 3.77. The lowest BCUT2D eigenvalue weighted by Crippen LogP contribution is -1.86. The summed E-state index contributed by atoms with van der Waals surface area (Å²) in [6.45, 7) is 4.00. The summed E-state index contributed by atoms with van der Waals surface area (Å²) in [5.41, 5.74) is 10.6. The highest BCUT2D eigenvalue weighted by Gasteiger charge is 2.15. The number of nitrogens with zero attached hydrogens (tertiary/aromatic N) is 3. The van der Waals surface area contributed by atoms with Crippen molar-refractivity contribution in [3.63, 3.8) is 0 Å². The van der Waals surface area contributed by atoms with Gasteiger partial charge in [-0.05, 0) is 103 Å². The van der Waals surface area contributed by atoms with Crippen LogP contribution in [-0.4, -0.2) is 19.9 Å². The van der Waals surface area contributed by atoms with Crippen molar-refractivity contribution in [3.05, 3.63) is 154 Å². The van der Waals surface area contributed by atoms with Crippen molar-refractivity contribution < 1.29 is 4.39 Å². The molecule has 0 radical (unpaired) electrons. The van der Waals surface area contributed by atoms with E-state index >= 15 is 0 Å². The van der Waals surface area contributed by atoms with Gasteiger partial charge in [0.15, 0.2) is 0 Å². The first-order chi connectivity index (χ1) is 24.0. The summed E-state index contributed by atoms with van der Waals surface area (Å²) in [4.78, 5) is 16.0. The van der Waals surface area contributed by atoms with Crippen LogP contribution in [0.3, 0.4) is 0 Å². The van der Waals surface area contributed by atoms with Crippen LogP contribution >= 0.6 is 31.9 Å². The lowest BCUT2D eigenvalue weighted by atomic mass is 9.94. The summed E-state index contributed by atoms with van der Waals surface area (Å²) in [6.07, 6.45) is 0. The fourth-order valence-corrected chi connectivity index (χ4v) is 6.54. The highest BCUT2D eigenvalue weighted by molar-refractivity contribution is 9.11. The van der Waals surface area contributed by atoms with E-state index in [0.717, 1.165) is 65.7 Å². The third-order valence-electron chi connectivity index (χ3n) is 7.74. The van der Waals surface area contributed by atoms with Gasteiger partial charge < -0.3 is 9.97 Å². The van der Waals surface area contributed by atoms with Gasteiger partial charge in [0.25, 0.3) is 0 Å². The Morgan fingerprint density at radius 3 is 1.82 bits per heavy atom.